The highest BCUT2D eigenvalue weighted by molar-refractivity contribution is 6.54. The number of benzene rings is 1. The van der Waals surface area contributed by atoms with Crippen LogP contribution >= 0.6 is 0 Å². The van der Waals surface area contributed by atoms with E-state index in [9.17, 15) is 4.39 Å². The normalized spacial score (nSPS) is 19.3. The predicted octanol–water partition coefficient (Wildman–Crippen LogP) is 3.65. The van der Waals surface area contributed by atoms with E-state index < -0.39 is 24.0 Å². The zero-order valence-corrected chi connectivity index (χ0v) is 15.2. The van der Waals surface area contributed by atoms with E-state index in [2.05, 4.69) is 0 Å². The lowest BCUT2D eigenvalue weighted by Gasteiger charge is -2.32. The third-order valence-electron chi connectivity index (χ3n) is 4.51. The number of rotatable bonds is 5. The molecule has 0 radical (unpaired) electrons. The molecule has 1 aliphatic rings. The average Bonchev–Trinajstić information content (AvgIpc) is 2.74. The first kappa shape index (κ1) is 18.6. The van der Waals surface area contributed by atoms with Gasteiger partial charge in [0, 0.05) is 5.56 Å². The Hall–Kier alpha value is -1.73. The van der Waals surface area contributed by atoms with E-state index in [4.69, 9.17) is 23.5 Å². The van der Waals surface area contributed by atoms with E-state index in [1.54, 1.807) is 12.1 Å². The van der Waals surface area contributed by atoms with Crippen molar-refractivity contribution in [2.24, 2.45) is 0 Å². The topological polar surface area (TPSA) is 46.2 Å². The van der Waals surface area contributed by atoms with Crippen LogP contribution in [0, 0.1) is 0 Å². The van der Waals surface area contributed by atoms with Crippen LogP contribution in [0.3, 0.4) is 0 Å². The Kier molecular flexibility index (Phi) is 5.15. The summed E-state index contributed by atoms with van der Waals surface area (Å²) >= 11 is 0. The smallest absolute Gasteiger partial charge is 0.493 e. The molecule has 132 valence electrons. The summed E-state index contributed by atoms with van der Waals surface area (Å²) in [4.78, 5) is 0. The Balaban J connectivity index is 2.38. The third kappa shape index (κ3) is 3.23. The molecule has 0 saturated carbocycles. The molecule has 0 spiro atoms. The van der Waals surface area contributed by atoms with Gasteiger partial charge >= 0.3 is 7.12 Å². The first-order valence-corrected chi connectivity index (χ1v) is 7.68. The lowest BCUT2D eigenvalue weighted by Crippen LogP contribution is -2.41. The Morgan fingerprint density at radius 2 is 1.50 bits per heavy atom. The molecule has 1 heterocycles. The highest BCUT2D eigenvalue weighted by atomic mass is 19.1. The third-order valence-corrected chi connectivity index (χ3v) is 4.51. The van der Waals surface area contributed by atoms with Gasteiger partial charge in [-0.1, -0.05) is 0 Å². The molecular weight excluding hydrogens is 314 g/mol. The van der Waals surface area contributed by atoms with Gasteiger partial charge in [-0.25, -0.2) is 4.39 Å². The van der Waals surface area contributed by atoms with Gasteiger partial charge in [-0.05, 0) is 45.9 Å². The van der Waals surface area contributed by atoms with Crippen LogP contribution in [0.4, 0.5) is 4.39 Å². The van der Waals surface area contributed by atoms with Gasteiger partial charge in [0.15, 0.2) is 11.5 Å². The summed E-state index contributed by atoms with van der Waals surface area (Å²) in [5.74, 6) is 1.28. The van der Waals surface area contributed by atoms with Gasteiger partial charge in [-0.15, -0.1) is 0 Å². The van der Waals surface area contributed by atoms with Crippen molar-refractivity contribution in [1.82, 2.24) is 0 Å². The molecule has 0 atom stereocenters. The zero-order valence-electron chi connectivity index (χ0n) is 15.2. The molecule has 24 heavy (non-hydrogen) atoms. The number of hydrogen-bond acceptors (Lipinski definition) is 5. The largest absolute Gasteiger partial charge is 0.525 e. The van der Waals surface area contributed by atoms with E-state index in [1.807, 2.05) is 27.7 Å². The maximum atomic E-state index is 14.7. The van der Waals surface area contributed by atoms with Crippen LogP contribution in [0.2, 0.25) is 0 Å². The Morgan fingerprint density at radius 3 is 1.96 bits per heavy atom. The van der Waals surface area contributed by atoms with Gasteiger partial charge in [-0.2, -0.15) is 0 Å². The number of methoxy groups -OCH3 is 3. The van der Waals surface area contributed by atoms with E-state index in [1.165, 1.54) is 27.4 Å². The molecule has 1 saturated heterocycles. The van der Waals surface area contributed by atoms with Crippen molar-refractivity contribution in [3.63, 3.8) is 0 Å². The monoisotopic (exact) mass is 338 g/mol. The summed E-state index contributed by atoms with van der Waals surface area (Å²) < 4.78 is 42.0. The van der Waals surface area contributed by atoms with Crippen molar-refractivity contribution in [1.29, 1.82) is 0 Å². The minimum absolute atomic E-state index is 0.378. The van der Waals surface area contributed by atoms with Crippen LogP contribution in [0.5, 0.6) is 17.2 Å². The van der Waals surface area contributed by atoms with E-state index in [-0.39, 0.29) is 0 Å². The van der Waals surface area contributed by atoms with Crippen molar-refractivity contribution in [3.8, 4) is 17.2 Å². The van der Waals surface area contributed by atoms with Gasteiger partial charge in [-0.3, -0.25) is 0 Å². The second-order valence-corrected chi connectivity index (χ2v) is 6.54. The highest BCUT2D eigenvalue weighted by Gasteiger charge is 2.53. The minimum atomic E-state index is -1.06. The molecule has 2 rings (SSSR count). The standard InChI is InChI=1S/C17H24BFO5/c1-16(2)17(3,4)24-18(23-16)13(19)10-11-8-9-12(20-5)15(22-7)14(11)21-6/h8-10H,1-7H3. The van der Waals surface area contributed by atoms with E-state index in [0.29, 0.717) is 22.8 Å². The van der Waals surface area contributed by atoms with E-state index in [0.717, 1.165) is 0 Å². The van der Waals surface area contributed by atoms with Gasteiger partial charge in [0.1, 0.15) is 5.73 Å². The molecule has 0 aromatic heterocycles. The zero-order chi connectivity index (χ0) is 18.1. The molecule has 7 heteroatoms. The molecule has 1 aromatic rings. The van der Waals surface area contributed by atoms with Crippen LogP contribution in [-0.2, 0) is 9.31 Å². The highest BCUT2D eigenvalue weighted by Crippen LogP contribution is 2.42. The average molecular weight is 338 g/mol. The maximum absolute atomic E-state index is 14.7. The Labute approximate surface area is 142 Å². The molecule has 5 nitrogen and oxygen atoms in total. The minimum Gasteiger partial charge on any atom is -0.493 e. The Bertz CT molecular complexity index is 626. The second kappa shape index (κ2) is 6.65. The van der Waals surface area contributed by atoms with Gasteiger partial charge in [0.2, 0.25) is 5.75 Å². The van der Waals surface area contributed by atoms with Crippen LogP contribution in [0.15, 0.2) is 17.9 Å². The summed E-state index contributed by atoms with van der Waals surface area (Å²) in [5.41, 5.74) is -1.25. The van der Waals surface area contributed by atoms with Gasteiger partial charge in [0.25, 0.3) is 0 Å². The summed E-state index contributed by atoms with van der Waals surface area (Å²) in [5, 5.41) is 0. The summed E-state index contributed by atoms with van der Waals surface area (Å²) in [6.07, 6.45) is 1.32. The molecule has 1 fully saturated rings. The molecular formula is C17H24BFO5. The number of halogens is 1. The fourth-order valence-electron chi connectivity index (χ4n) is 2.41. The molecule has 0 amide bonds. The summed E-state index contributed by atoms with van der Waals surface area (Å²) in [6.45, 7) is 7.49. The van der Waals surface area contributed by atoms with Crippen molar-refractivity contribution < 1.29 is 27.9 Å². The van der Waals surface area contributed by atoms with E-state index >= 15 is 0 Å². The molecule has 1 aliphatic heterocycles. The van der Waals surface area contributed by atoms with Crippen LogP contribution in [0.25, 0.3) is 6.08 Å². The summed E-state index contributed by atoms with van der Waals surface area (Å²) in [7, 11) is 3.45. The van der Waals surface area contributed by atoms with Crippen LogP contribution in [-0.4, -0.2) is 39.6 Å². The number of hydrogen-bond donors (Lipinski definition) is 0. The quantitative estimate of drug-likeness (QED) is 0.767. The predicted molar refractivity (Wildman–Crippen MR) is 91.3 cm³/mol. The maximum Gasteiger partial charge on any atom is 0.525 e. The van der Waals surface area contributed by atoms with Crippen molar-refractivity contribution in [2.45, 2.75) is 38.9 Å². The lowest BCUT2D eigenvalue weighted by atomic mass is 9.86. The fraction of sp³-hybridized carbons (Fsp3) is 0.529. The molecule has 0 unspecified atom stereocenters. The fourth-order valence-corrected chi connectivity index (χ4v) is 2.41. The van der Waals surface area contributed by atoms with Crippen molar-refractivity contribution >= 4 is 13.2 Å². The first-order chi connectivity index (χ1) is 11.2. The molecule has 0 aliphatic carbocycles. The van der Waals surface area contributed by atoms with Gasteiger partial charge < -0.3 is 23.5 Å². The SMILES string of the molecule is COc1ccc(C=C(F)B2OC(C)(C)C(C)(C)O2)c(OC)c1OC. The van der Waals surface area contributed by atoms with Crippen molar-refractivity contribution in [3.05, 3.63) is 23.4 Å². The second-order valence-electron chi connectivity index (χ2n) is 6.54. The lowest BCUT2D eigenvalue weighted by molar-refractivity contribution is 0.00578. The molecule has 0 bridgehead atoms. The summed E-state index contributed by atoms with van der Waals surface area (Å²) in [6, 6.07) is 3.37. The number of ether oxygens (including phenoxy) is 3. The van der Waals surface area contributed by atoms with Crippen molar-refractivity contribution in [2.75, 3.05) is 21.3 Å². The molecule has 0 N–H and O–H groups in total. The first-order valence-electron chi connectivity index (χ1n) is 7.68. The van der Waals surface area contributed by atoms with Crippen LogP contribution < -0.4 is 14.2 Å². The molecule has 1 aromatic carbocycles. The Morgan fingerprint density at radius 1 is 0.958 bits per heavy atom. The van der Waals surface area contributed by atoms with Crippen LogP contribution in [0.1, 0.15) is 33.3 Å². The van der Waals surface area contributed by atoms with Gasteiger partial charge in [0.05, 0.1) is 32.5 Å².